The first-order chi connectivity index (χ1) is 17.1. The van der Waals surface area contributed by atoms with Gasteiger partial charge in [0, 0.05) is 48.2 Å². The molecule has 178 valence electrons. The molecule has 4 aromatic rings. The molecule has 1 saturated carbocycles. The highest BCUT2D eigenvalue weighted by molar-refractivity contribution is 6.04. The van der Waals surface area contributed by atoms with E-state index in [1.165, 1.54) is 18.4 Å². The number of nitrogens with two attached hydrogens (primary N) is 1. The molecule has 2 atom stereocenters. The summed E-state index contributed by atoms with van der Waals surface area (Å²) < 4.78 is 2.07. The molecule has 1 aliphatic heterocycles. The van der Waals surface area contributed by atoms with Gasteiger partial charge in [0.05, 0.1) is 0 Å². The number of nitrogens with one attached hydrogen (secondary N) is 2. The second kappa shape index (κ2) is 8.78. The Hall–Kier alpha value is -3.78. The summed E-state index contributed by atoms with van der Waals surface area (Å²) in [5.74, 6) is 2.75. The smallest absolute Gasteiger partial charge is 0.256 e. The van der Waals surface area contributed by atoms with Crippen LogP contribution < -0.4 is 16.4 Å². The first-order valence-corrected chi connectivity index (χ1v) is 12.3. The zero-order valence-electron chi connectivity index (χ0n) is 19.7. The lowest BCUT2D eigenvalue weighted by molar-refractivity contribution is 0.102. The molecule has 3 aromatic heterocycles. The lowest BCUT2D eigenvalue weighted by atomic mass is 9.95. The molecule has 0 radical (unpaired) electrons. The van der Waals surface area contributed by atoms with Crippen LogP contribution in [0, 0.1) is 0 Å². The molecular weight excluding hydrogens is 438 g/mol. The third-order valence-electron chi connectivity index (χ3n) is 7.13. The number of anilines is 2. The molecule has 35 heavy (non-hydrogen) atoms. The summed E-state index contributed by atoms with van der Waals surface area (Å²) in [5.41, 5.74) is 10.6. The SMILES string of the molecule is C[C@@H]1CC[C@H](c2nc(-c3ccc(C(=O)Nc4cc(C5CC5)ccn4)cc3)c3c(N)nccn23)CN1. The molecule has 1 aromatic carbocycles. The number of carbonyl (C=O) groups excluding carboxylic acids is 1. The van der Waals surface area contributed by atoms with E-state index in [0.717, 1.165) is 42.0 Å². The Labute approximate surface area is 204 Å². The van der Waals surface area contributed by atoms with E-state index in [1.54, 1.807) is 12.4 Å². The molecule has 1 saturated heterocycles. The number of hydrogen-bond acceptors (Lipinski definition) is 6. The van der Waals surface area contributed by atoms with E-state index in [9.17, 15) is 4.79 Å². The van der Waals surface area contributed by atoms with Gasteiger partial charge in [-0.1, -0.05) is 12.1 Å². The number of aromatic nitrogens is 4. The lowest BCUT2D eigenvalue weighted by Gasteiger charge is -2.26. The Balaban J connectivity index is 1.28. The number of nitrogens with zero attached hydrogens (tertiary/aromatic N) is 4. The van der Waals surface area contributed by atoms with Gasteiger partial charge in [-0.25, -0.2) is 15.0 Å². The van der Waals surface area contributed by atoms with Crippen molar-refractivity contribution in [1.29, 1.82) is 0 Å². The third kappa shape index (κ3) is 4.25. The summed E-state index contributed by atoms with van der Waals surface area (Å²) in [6.45, 7) is 3.10. The van der Waals surface area contributed by atoms with Gasteiger partial charge in [-0.3, -0.25) is 9.20 Å². The fourth-order valence-electron chi connectivity index (χ4n) is 4.95. The number of nitrogen functional groups attached to an aromatic ring is 1. The first kappa shape index (κ1) is 21.7. The number of pyridine rings is 1. The normalized spacial score (nSPS) is 20.1. The number of fused-ring (bicyclic) bond motifs is 1. The van der Waals surface area contributed by atoms with Crippen LogP contribution in [-0.4, -0.2) is 37.8 Å². The average molecular weight is 468 g/mol. The van der Waals surface area contributed by atoms with Crippen LogP contribution in [0.2, 0.25) is 0 Å². The van der Waals surface area contributed by atoms with Crippen molar-refractivity contribution in [2.45, 2.75) is 50.5 Å². The summed E-state index contributed by atoms with van der Waals surface area (Å²) in [5, 5.41) is 6.49. The summed E-state index contributed by atoms with van der Waals surface area (Å²) in [4.78, 5) is 26.5. The topological polar surface area (TPSA) is 110 Å². The summed E-state index contributed by atoms with van der Waals surface area (Å²) in [7, 11) is 0. The molecule has 4 N–H and O–H groups in total. The van der Waals surface area contributed by atoms with E-state index in [1.807, 2.05) is 42.6 Å². The molecular formula is C27H29N7O. The Kier molecular flexibility index (Phi) is 5.45. The molecule has 0 spiro atoms. The first-order valence-electron chi connectivity index (χ1n) is 12.3. The molecule has 4 heterocycles. The van der Waals surface area contributed by atoms with Gasteiger partial charge in [0.25, 0.3) is 5.91 Å². The molecule has 8 heteroatoms. The van der Waals surface area contributed by atoms with E-state index < -0.39 is 0 Å². The number of hydrogen-bond donors (Lipinski definition) is 3. The standard InChI is InChI=1S/C27H29N7O/c1-16-2-3-21(15-31-16)26-33-23(24-25(28)30-12-13-34(24)26)18-6-8-19(9-7-18)27(35)32-22-14-20(10-11-29-22)17-4-5-17/h6-14,16-17,21,31H,2-5,15H2,1H3,(H2,28,30)(H,29,32,35)/t16-,21+/m1/s1. The minimum Gasteiger partial charge on any atom is -0.382 e. The maximum absolute atomic E-state index is 12.9. The summed E-state index contributed by atoms with van der Waals surface area (Å²) >= 11 is 0. The van der Waals surface area contributed by atoms with Crippen molar-refractivity contribution in [1.82, 2.24) is 24.7 Å². The van der Waals surface area contributed by atoms with Crippen LogP contribution >= 0.6 is 0 Å². The van der Waals surface area contributed by atoms with E-state index in [-0.39, 0.29) is 5.91 Å². The molecule has 8 nitrogen and oxygen atoms in total. The molecule has 2 fully saturated rings. The van der Waals surface area contributed by atoms with Crippen LogP contribution in [0.5, 0.6) is 0 Å². The van der Waals surface area contributed by atoms with Crippen LogP contribution in [0.15, 0.2) is 55.0 Å². The van der Waals surface area contributed by atoms with Gasteiger partial charge in [0.15, 0.2) is 0 Å². The maximum atomic E-state index is 12.9. The van der Waals surface area contributed by atoms with Crippen molar-refractivity contribution in [2.75, 3.05) is 17.6 Å². The van der Waals surface area contributed by atoms with Gasteiger partial charge >= 0.3 is 0 Å². The summed E-state index contributed by atoms with van der Waals surface area (Å²) in [6.07, 6.45) is 10.0. The zero-order chi connectivity index (χ0) is 23.9. The summed E-state index contributed by atoms with van der Waals surface area (Å²) in [6, 6.07) is 12.0. The van der Waals surface area contributed by atoms with E-state index in [2.05, 4.69) is 31.9 Å². The van der Waals surface area contributed by atoms with Gasteiger partial charge in [-0.2, -0.15) is 0 Å². The Morgan fingerprint density at radius 2 is 1.86 bits per heavy atom. The third-order valence-corrected chi connectivity index (χ3v) is 7.13. The fraction of sp³-hybridized carbons (Fsp3) is 0.333. The molecule has 0 bridgehead atoms. The van der Waals surface area contributed by atoms with Gasteiger partial charge in [-0.05, 0) is 68.4 Å². The highest BCUT2D eigenvalue weighted by atomic mass is 16.1. The molecule has 1 amide bonds. The van der Waals surface area contributed by atoms with Gasteiger partial charge in [-0.15, -0.1) is 0 Å². The van der Waals surface area contributed by atoms with Crippen molar-refractivity contribution in [3.63, 3.8) is 0 Å². The van der Waals surface area contributed by atoms with Crippen LogP contribution in [0.1, 0.15) is 66.2 Å². The average Bonchev–Trinajstić information content (AvgIpc) is 3.66. The highest BCUT2D eigenvalue weighted by Crippen LogP contribution is 2.40. The second-order valence-electron chi connectivity index (χ2n) is 9.71. The lowest BCUT2D eigenvalue weighted by Crippen LogP contribution is -2.36. The molecule has 2 aliphatic rings. The second-order valence-corrected chi connectivity index (χ2v) is 9.71. The number of carbonyl (C=O) groups is 1. The van der Waals surface area contributed by atoms with Crippen molar-refractivity contribution in [3.05, 3.63) is 71.9 Å². The van der Waals surface area contributed by atoms with E-state index >= 15 is 0 Å². The van der Waals surface area contributed by atoms with Crippen molar-refractivity contribution < 1.29 is 4.79 Å². The van der Waals surface area contributed by atoms with Crippen LogP contribution in [-0.2, 0) is 0 Å². The van der Waals surface area contributed by atoms with Crippen LogP contribution in [0.4, 0.5) is 11.6 Å². The maximum Gasteiger partial charge on any atom is 0.256 e. The van der Waals surface area contributed by atoms with Gasteiger partial charge in [0.2, 0.25) is 0 Å². The Bertz CT molecular complexity index is 1380. The number of amides is 1. The number of benzene rings is 1. The van der Waals surface area contributed by atoms with Crippen molar-refractivity contribution in [2.24, 2.45) is 0 Å². The minimum atomic E-state index is -0.184. The quantitative estimate of drug-likeness (QED) is 0.402. The molecule has 1 aliphatic carbocycles. The fourth-order valence-corrected chi connectivity index (χ4v) is 4.95. The van der Waals surface area contributed by atoms with Gasteiger partial charge < -0.3 is 16.4 Å². The highest BCUT2D eigenvalue weighted by Gasteiger charge is 2.26. The zero-order valence-corrected chi connectivity index (χ0v) is 19.7. The molecule has 6 rings (SSSR count). The number of rotatable bonds is 5. The largest absolute Gasteiger partial charge is 0.382 e. The van der Waals surface area contributed by atoms with E-state index in [4.69, 9.17) is 10.7 Å². The van der Waals surface area contributed by atoms with Crippen molar-refractivity contribution in [3.8, 4) is 11.3 Å². The monoisotopic (exact) mass is 467 g/mol. The number of imidazole rings is 1. The van der Waals surface area contributed by atoms with Gasteiger partial charge in [0.1, 0.15) is 28.7 Å². The van der Waals surface area contributed by atoms with Crippen LogP contribution in [0.25, 0.3) is 16.8 Å². The van der Waals surface area contributed by atoms with E-state index in [0.29, 0.717) is 35.1 Å². The van der Waals surface area contributed by atoms with Crippen molar-refractivity contribution >= 4 is 23.1 Å². The minimum absolute atomic E-state index is 0.184. The molecule has 0 unspecified atom stereocenters. The Morgan fingerprint density at radius 3 is 2.60 bits per heavy atom. The van der Waals surface area contributed by atoms with Crippen LogP contribution in [0.3, 0.4) is 0 Å². The predicted octanol–water partition coefficient (Wildman–Crippen LogP) is 4.36. The Morgan fingerprint density at radius 1 is 1.06 bits per heavy atom. The predicted molar refractivity (Wildman–Crippen MR) is 136 cm³/mol. The number of piperidine rings is 1.